The van der Waals surface area contributed by atoms with Crippen molar-refractivity contribution in [3.63, 3.8) is 0 Å². The van der Waals surface area contributed by atoms with Gasteiger partial charge in [-0.25, -0.2) is 4.79 Å². The van der Waals surface area contributed by atoms with Crippen molar-refractivity contribution in [3.05, 3.63) is 24.3 Å². The lowest BCUT2D eigenvalue weighted by Crippen LogP contribution is -2.37. The van der Waals surface area contributed by atoms with Gasteiger partial charge in [-0.2, -0.15) is 0 Å². The number of ether oxygens (including phenoxy) is 1. The summed E-state index contributed by atoms with van der Waals surface area (Å²) in [5.41, 5.74) is 0. The molecule has 5 nitrogen and oxygen atoms in total. The molecular weight excluding hydrogens is 456 g/mol. The number of hydrogen-bond acceptors (Lipinski definition) is 4. The average molecular weight is 501 g/mol. The van der Waals surface area contributed by atoms with E-state index in [0.29, 0.717) is 11.2 Å². The van der Waals surface area contributed by atoms with Crippen LogP contribution in [0.4, 0.5) is 4.79 Å². The molecule has 3 aliphatic rings. The molecule has 0 radical (unpaired) electrons. The molecule has 3 amide bonds. The number of carbonyl (C=O) groups is 2. The predicted molar refractivity (Wildman–Crippen MR) is 143 cm³/mol. The van der Waals surface area contributed by atoms with Gasteiger partial charge in [0.15, 0.2) is 0 Å². The van der Waals surface area contributed by atoms with E-state index in [2.05, 4.69) is 34.9 Å². The second kappa shape index (κ2) is 14.2. The van der Waals surface area contributed by atoms with Gasteiger partial charge in [0.2, 0.25) is 0 Å². The maximum absolute atomic E-state index is 12.1. The number of rotatable bonds is 6. The quantitative estimate of drug-likeness (QED) is 0.404. The number of amides is 3. The molecule has 2 aliphatic carbocycles. The average Bonchev–Trinajstić information content (AvgIpc) is 3.25. The van der Waals surface area contributed by atoms with E-state index in [0.717, 1.165) is 44.5 Å². The SMILES string of the molecule is O=C1NC(=O)C(C2CCCCC(Sc3ccc(OCC4CCCCCCCCC4)cc3)CCC2)N1. The zero-order valence-electron chi connectivity index (χ0n) is 21.3. The third-order valence-corrected chi connectivity index (χ3v) is 9.42. The summed E-state index contributed by atoms with van der Waals surface area (Å²) in [6, 6.07) is 8.07. The first-order valence-electron chi connectivity index (χ1n) is 14.2. The molecule has 194 valence electrons. The molecule has 0 aromatic heterocycles. The van der Waals surface area contributed by atoms with Crippen molar-refractivity contribution in [1.82, 2.24) is 10.6 Å². The number of benzene rings is 1. The molecule has 35 heavy (non-hydrogen) atoms. The summed E-state index contributed by atoms with van der Waals surface area (Å²) < 4.78 is 6.22. The van der Waals surface area contributed by atoms with Crippen LogP contribution < -0.4 is 15.4 Å². The maximum Gasteiger partial charge on any atom is 0.322 e. The van der Waals surface area contributed by atoms with Gasteiger partial charge in [0.1, 0.15) is 11.8 Å². The molecule has 1 aromatic carbocycles. The number of nitrogens with one attached hydrogen (secondary N) is 2. The van der Waals surface area contributed by atoms with Gasteiger partial charge < -0.3 is 10.1 Å². The van der Waals surface area contributed by atoms with Crippen molar-refractivity contribution < 1.29 is 14.3 Å². The fraction of sp³-hybridized carbons (Fsp3) is 0.724. The zero-order chi connectivity index (χ0) is 24.3. The van der Waals surface area contributed by atoms with Crippen molar-refractivity contribution in [3.8, 4) is 5.75 Å². The second-order valence-corrected chi connectivity index (χ2v) is 12.2. The molecule has 0 bridgehead atoms. The first-order valence-corrected chi connectivity index (χ1v) is 15.1. The molecule has 3 fully saturated rings. The minimum atomic E-state index is -0.337. The molecule has 6 heteroatoms. The van der Waals surface area contributed by atoms with E-state index < -0.39 is 0 Å². The molecule has 2 N–H and O–H groups in total. The highest BCUT2D eigenvalue weighted by atomic mass is 32.2. The maximum atomic E-state index is 12.1. The van der Waals surface area contributed by atoms with Crippen LogP contribution in [0.15, 0.2) is 29.2 Å². The molecule has 3 unspecified atom stereocenters. The molecule has 1 saturated heterocycles. The van der Waals surface area contributed by atoms with Gasteiger partial charge in [-0.1, -0.05) is 64.2 Å². The largest absolute Gasteiger partial charge is 0.493 e. The highest BCUT2D eigenvalue weighted by molar-refractivity contribution is 8.00. The lowest BCUT2D eigenvalue weighted by molar-refractivity contribution is -0.121. The molecule has 1 heterocycles. The first kappa shape index (κ1) is 26.4. The van der Waals surface area contributed by atoms with Crippen molar-refractivity contribution in [1.29, 1.82) is 0 Å². The van der Waals surface area contributed by atoms with Crippen molar-refractivity contribution >= 4 is 23.7 Å². The van der Waals surface area contributed by atoms with Gasteiger partial charge in [0.25, 0.3) is 5.91 Å². The number of thioether (sulfide) groups is 1. The highest BCUT2D eigenvalue weighted by Crippen LogP contribution is 2.35. The van der Waals surface area contributed by atoms with E-state index in [-0.39, 0.29) is 23.9 Å². The molecule has 1 aromatic rings. The van der Waals surface area contributed by atoms with Gasteiger partial charge in [0, 0.05) is 10.1 Å². The Balaban J connectivity index is 1.21. The van der Waals surface area contributed by atoms with Gasteiger partial charge in [-0.05, 0) is 74.6 Å². The first-order chi connectivity index (χ1) is 17.2. The van der Waals surface area contributed by atoms with Crippen molar-refractivity contribution in [2.75, 3.05) is 6.61 Å². The van der Waals surface area contributed by atoms with Crippen molar-refractivity contribution in [2.45, 2.75) is 119 Å². The van der Waals surface area contributed by atoms with Gasteiger partial charge >= 0.3 is 6.03 Å². The van der Waals surface area contributed by atoms with Crippen LogP contribution in [0.1, 0.15) is 103 Å². The van der Waals surface area contributed by atoms with Crippen LogP contribution in [-0.4, -0.2) is 29.8 Å². The summed E-state index contributed by atoms with van der Waals surface area (Å²) in [5, 5.41) is 5.83. The van der Waals surface area contributed by atoms with Crippen LogP contribution in [0.25, 0.3) is 0 Å². The van der Waals surface area contributed by atoms with E-state index in [1.807, 2.05) is 11.8 Å². The summed E-state index contributed by atoms with van der Waals surface area (Å²) >= 11 is 1.99. The molecular formula is C29H44N2O3S. The van der Waals surface area contributed by atoms with Crippen LogP contribution >= 0.6 is 11.8 Å². The summed E-state index contributed by atoms with van der Waals surface area (Å²) in [4.78, 5) is 24.9. The monoisotopic (exact) mass is 500 g/mol. The third kappa shape index (κ3) is 8.73. The van der Waals surface area contributed by atoms with Gasteiger partial charge in [-0.3, -0.25) is 10.1 Å². The minimum Gasteiger partial charge on any atom is -0.493 e. The fourth-order valence-corrected chi connectivity index (χ4v) is 7.22. The Morgan fingerprint density at radius 2 is 1.34 bits per heavy atom. The van der Waals surface area contributed by atoms with Gasteiger partial charge in [0.05, 0.1) is 6.61 Å². The number of carbonyl (C=O) groups excluding carboxylic acids is 2. The Morgan fingerprint density at radius 1 is 0.743 bits per heavy atom. The van der Waals surface area contributed by atoms with Gasteiger partial charge in [-0.15, -0.1) is 11.8 Å². The number of urea groups is 1. The van der Waals surface area contributed by atoms with Crippen LogP contribution in [-0.2, 0) is 4.79 Å². The lowest BCUT2D eigenvalue weighted by Gasteiger charge is -2.20. The van der Waals surface area contributed by atoms with E-state index in [1.54, 1.807) is 0 Å². The smallest absolute Gasteiger partial charge is 0.322 e. The fourth-order valence-electron chi connectivity index (χ4n) is 5.97. The topological polar surface area (TPSA) is 67.4 Å². The Morgan fingerprint density at radius 3 is 2.03 bits per heavy atom. The molecule has 1 aliphatic heterocycles. The van der Waals surface area contributed by atoms with E-state index in [4.69, 9.17) is 4.74 Å². The second-order valence-electron chi connectivity index (χ2n) is 10.9. The Kier molecular flexibility index (Phi) is 10.7. The molecule has 0 spiro atoms. The lowest BCUT2D eigenvalue weighted by atomic mass is 9.89. The van der Waals surface area contributed by atoms with Crippen LogP contribution in [0, 0.1) is 11.8 Å². The standard InChI is InChI=1S/C29H44N2O3S/c32-28-27(30-29(33)31-28)23-13-8-9-15-25(16-10-14-23)35-26-19-17-24(18-20-26)34-21-22-11-6-4-2-1-3-5-7-12-22/h17-20,22-23,25,27H,1-16,21H2,(H2,30,31,32,33). The summed E-state index contributed by atoms with van der Waals surface area (Å²) in [6.45, 7) is 0.857. The summed E-state index contributed by atoms with van der Waals surface area (Å²) in [5.74, 6) is 1.82. The Labute approximate surface area is 215 Å². The molecule has 4 rings (SSSR count). The summed E-state index contributed by atoms with van der Waals surface area (Å²) in [7, 11) is 0. The number of imide groups is 1. The Hall–Kier alpha value is -1.69. The van der Waals surface area contributed by atoms with Crippen molar-refractivity contribution in [2.24, 2.45) is 11.8 Å². The van der Waals surface area contributed by atoms with Crippen LogP contribution in [0.2, 0.25) is 0 Å². The molecule has 3 atom stereocenters. The third-order valence-electron chi connectivity index (χ3n) is 8.07. The van der Waals surface area contributed by atoms with Crippen LogP contribution in [0.3, 0.4) is 0 Å². The highest BCUT2D eigenvalue weighted by Gasteiger charge is 2.35. The molecule has 2 saturated carbocycles. The van der Waals surface area contributed by atoms with Crippen LogP contribution in [0.5, 0.6) is 5.75 Å². The Bertz CT molecular complexity index is 790. The zero-order valence-corrected chi connectivity index (χ0v) is 22.1. The predicted octanol–water partition coefficient (Wildman–Crippen LogP) is 7.24. The van der Waals surface area contributed by atoms with E-state index in [9.17, 15) is 9.59 Å². The normalized spacial score (nSPS) is 27.7. The minimum absolute atomic E-state index is 0.145. The number of hydrogen-bond donors (Lipinski definition) is 2. The van der Waals surface area contributed by atoms with E-state index >= 15 is 0 Å². The summed E-state index contributed by atoms with van der Waals surface area (Å²) in [6.07, 6.45) is 20.1. The van der Waals surface area contributed by atoms with E-state index in [1.165, 1.54) is 75.5 Å².